The van der Waals surface area contributed by atoms with E-state index in [1.807, 2.05) is 0 Å². The number of hydrogen-bond acceptors (Lipinski definition) is 4. The molecule has 0 N–H and O–H groups in total. The van der Waals surface area contributed by atoms with Crippen LogP contribution in [0, 0.1) is 12.3 Å². The van der Waals surface area contributed by atoms with Crippen LogP contribution in [-0.4, -0.2) is 41.0 Å². The van der Waals surface area contributed by atoms with Crippen LogP contribution in [0.15, 0.2) is 18.2 Å². The smallest absolute Gasteiger partial charge is 0.162 e. The number of aromatic nitrogens is 2. The summed E-state index contributed by atoms with van der Waals surface area (Å²) in [6.07, 6.45) is 8.49. The van der Waals surface area contributed by atoms with E-state index in [0.29, 0.717) is 5.41 Å². The third-order valence-corrected chi connectivity index (χ3v) is 7.43. The first-order chi connectivity index (χ1) is 15.4. The molecular weight excluding hydrogens is 392 g/mol. The molecular formula is C28H42N4. The number of nitrogens with zero attached hydrogens (tertiary/aromatic N) is 4. The van der Waals surface area contributed by atoms with Gasteiger partial charge in [-0.2, -0.15) is 0 Å². The molecule has 0 spiro atoms. The van der Waals surface area contributed by atoms with Crippen molar-refractivity contribution in [3.8, 4) is 11.4 Å². The van der Waals surface area contributed by atoms with Gasteiger partial charge in [-0.3, -0.25) is 4.90 Å². The molecule has 0 bridgehead atoms. The average Bonchev–Trinajstić information content (AvgIpc) is 2.79. The topological polar surface area (TPSA) is 32.3 Å². The fraction of sp³-hybridized carbons (Fsp3) is 0.643. The SMILES string of the molecule is CCc1cccc(CC)c1-c1nc(C)c(CN2CCCC(C)(C)C2)c(N2CCCCC2)n1. The Morgan fingerprint density at radius 2 is 1.59 bits per heavy atom. The zero-order valence-electron chi connectivity index (χ0n) is 21.0. The van der Waals surface area contributed by atoms with Crippen molar-refractivity contribution in [2.24, 2.45) is 5.41 Å². The fourth-order valence-corrected chi connectivity index (χ4v) is 5.68. The Morgan fingerprint density at radius 3 is 2.22 bits per heavy atom. The van der Waals surface area contributed by atoms with Crippen LogP contribution < -0.4 is 4.90 Å². The molecule has 0 unspecified atom stereocenters. The first kappa shape index (κ1) is 23.2. The van der Waals surface area contributed by atoms with E-state index in [0.717, 1.165) is 50.5 Å². The lowest BCUT2D eigenvalue weighted by Gasteiger charge is -2.39. The minimum absolute atomic E-state index is 0.397. The van der Waals surface area contributed by atoms with Crippen LogP contribution in [0.5, 0.6) is 0 Å². The van der Waals surface area contributed by atoms with E-state index in [4.69, 9.17) is 9.97 Å². The van der Waals surface area contributed by atoms with Crippen LogP contribution in [0.4, 0.5) is 5.82 Å². The molecule has 2 aliphatic heterocycles. The van der Waals surface area contributed by atoms with E-state index in [9.17, 15) is 0 Å². The second-order valence-electron chi connectivity index (χ2n) is 10.6. The molecule has 4 heteroatoms. The number of aryl methyl sites for hydroxylation is 3. The van der Waals surface area contributed by atoms with Gasteiger partial charge in [0.15, 0.2) is 5.82 Å². The van der Waals surface area contributed by atoms with Crippen molar-refractivity contribution >= 4 is 5.82 Å². The molecule has 2 fully saturated rings. The standard InChI is InChI=1S/C28H42N4/c1-6-22-13-11-14-23(7-2)25(22)26-29-21(3)24(19-31-16-12-15-28(4,5)20-31)27(30-26)32-17-9-8-10-18-32/h11,13-14H,6-10,12,15-20H2,1-5H3. The monoisotopic (exact) mass is 434 g/mol. The minimum atomic E-state index is 0.397. The summed E-state index contributed by atoms with van der Waals surface area (Å²) in [4.78, 5) is 15.7. The Kier molecular flexibility index (Phi) is 7.19. The molecule has 0 saturated carbocycles. The molecule has 174 valence electrons. The van der Waals surface area contributed by atoms with E-state index in [2.05, 4.69) is 62.6 Å². The van der Waals surface area contributed by atoms with Gasteiger partial charge in [0.1, 0.15) is 5.82 Å². The highest BCUT2D eigenvalue weighted by Gasteiger charge is 2.29. The first-order valence-corrected chi connectivity index (χ1v) is 12.9. The minimum Gasteiger partial charge on any atom is -0.356 e. The summed E-state index contributed by atoms with van der Waals surface area (Å²) in [6.45, 7) is 17.0. The molecule has 2 aromatic rings. The molecule has 4 nitrogen and oxygen atoms in total. The van der Waals surface area contributed by atoms with Crippen LogP contribution in [0.25, 0.3) is 11.4 Å². The van der Waals surface area contributed by atoms with Crippen molar-refractivity contribution in [3.05, 3.63) is 40.6 Å². The number of benzene rings is 1. The Hall–Kier alpha value is -1.94. The maximum atomic E-state index is 5.33. The highest BCUT2D eigenvalue weighted by molar-refractivity contribution is 5.68. The van der Waals surface area contributed by atoms with Gasteiger partial charge in [0.05, 0.1) is 0 Å². The second kappa shape index (κ2) is 9.91. The van der Waals surface area contributed by atoms with E-state index >= 15 is 0 Å². The van der Waals surface area contributed by atoms with Gasteiger partial charge in [-0.15, -0.1) is 0 Å². The summed E-state index contributed by atoms with van der Waals surface area (Å²) in [7, 11) is 0. The molecule has 1 aromatic heterocycles. The lowest BCUT2D eigenvalue weighted by Crippen LogP contribution is -2.40. The van der Waals surface area contributed by atoms with Crippen molar-refractivity contribution in [1.29, 1.82) is 0 Å². The van der Waals surface area contributed by atoms with Gasteiger partial charge in [0, 0.05) is 43.0 Å². The number of likely N-dealkylation sites (tertiary alicyclic amines) is 1. The molecule has 0 atom stereocenters. The summed E-state index contributed by atoms with van der Waals surface area (Å²) in [5.74, 6) is 2.13. The molecule has 4 rings (SSSR count). The molecule has 1 aromatic carbocycles. The normalized spacial score (nSPS) is 19.3. The van der Waals surface area contributed by atoms with Crippen molar-refractivity contribution < 1.29 is 0 Å². The van der Waals surface area contributed by atoms with E-state index in [-0.39, 0.29) is 0 Å². The van der Waals surface area contributed by atoms with Gasteiger partial charge in [0.2, 0.25) is 0 Å². The Labute approximate surface area is 195 Å². The lowest BCUT2D eigenvalue weighted by molar-refractivity contribution is 0.111. The second-order valence-corrected chi connectivity index (χ2v) is 10.6. The number of piperidine rings is 2. The lowest BCUT2D eigenvalue weighted by atomic mass is 9.84. The van der Waals surface area contributed by atoms with Gasteiger partial charge in [-0.1, -0.05) is 45.9 Å². The quantitative estimate of drug-likeness (QED) is 0.543. The summed E-state index contributed by atoms with van der Waals surface area (Å²) in [5, 5.41) is 0. The highest BCUT2D eigenvalue weighted by atomic mass is 15.2. The zero-order chi connectivity index (χ0) is 22.7. The van der Waals surface area contributed by atoms with E-state index < -0.39 is 0 Å². The first-order valence-electron chi connectivity index (χ1n) is 12.9. The predicted octanol–water partition coefficient (Wildman–Crippen LogP) is 6.19. The summed E-state index contributed by atoms with van der Waals surface area (Å²) >= 11 is 0. The highest BCUT2D eigenvalue weighted by Crippen LogP contribution is 2.34. The molecule has 2 saturated heterocycles. The predicted molar refractivity (Wildman–Crippen MR) is 135 cm³/mol. The van der Waals surface area contributed by atoms with Gasteiger partial charge in [-0.05, 0) is 75.0 Å². The van der Waals surface area contributed by atoms with E-state index in [1.165, 1.54) is 66.7 Å². The van der Waals surface area contributed by atoms with Crippen LogP contribution in [0.2, 0.25) is 0 Å². The third-order valence-electron chi connectivity index (χ3n) is 7.43. The van der Waals surface area contributed by atoms with Crippen molar-refractivity contribution in [2.45, 2.75) is 86.1 Å². The molecule has 2 aliphatic rings. The molecule has 0 amide bonds. The average molecular weight is 435 g/mol. The van der Waals surface area contributed by atoms with Crippen LogP contribution in [-0.2, 0) is 19.4 Å². The Bertz CT molecular complexity index is 905. The number of hydrogen-bond donors (Lipinski definition) is 0. The molecule has 3 heterocycles. The Balaban J connectivity index is 1.78. The van der Waals surface area contributed by atoms with Crippen molar-refractivity contribution in [3.63, 3.8) is 0 Å². The van der Waals surface area contributed by atoms with Gasteiger partial charge in [-0.25, -0.2) is 9.97 Å². The largest absolute Gasteiger partial charge is 0.356 e. The summed E-state index contributed by atoms with van der Waals surface area (Å²) in [6, 6.07) is 6.68. The summed E-state index contributed by atoms with van der Waals surface area (Å²) in [5.41, 5.74) is 6.89. The fourth-order valence-electron chi connectivity index (χ4n) is 5.68. The number of rotatable bonds is 6. The van der Waals surface area contributed by atoms with Crippen LogP contribution >= 0.6 is 0 Å². The van der Waals surface area contributed by atoms with Crippen LogP contribution in [0.3, 0.4) is 0 Å². The maximum Gasteiger partial charge on any atom is 0.162 e. The number of anilines is 1. The third kappa shape index (κ3) is 5.01. The van der Waals surface area contributed by atoms with E-state index in [1.54, 1.807) is 0 Å². The van der Waals surface area contributed by atoms with Gasteiger partial charge in [0.25, 0.3) is 0 Å². The molecule has 32 heavy (non-hydrogen) atoms. The van der Waals surface area contributed by atoms with Crippen molar-refractivity contribution in [1.82, 2.24) is 14.9 Å². The van der Waals surface area contributed by atoms with Gasteiger partial charge < -0.3 is 4.90 Å². The molecule has 0 radical (unpaired) electrons. The Morgan fingerprint density at radius 1 is 0.906 bits per heavy atom. The van der Waals surface area contributed by atoms with Crippen LogP contribution in [0.1, 0.15) is 82.2 Å². The zero-order valence-corrected chi connectivity index (χ0v) is 21.0. The van der Waals surface area contributed by atoms with Gasteiger partial charge >= 0.3 is 0 Å². The summed E-state index contributed by atoms with van der Waals surface area (Å²) < 4.78 is 0. The maximum absolute atomic E-state index is 5.33. The molecule has 0 aliphatic carbocycles. The van der Waals surface area contributed by atoms with Crippen molar-refractivity contribution in [2.75, 3.05) is 31.1 Å².